The molecule has 0 radical (unpaired) electrons. The van der Waals surface area contributed by atoms with Crippen molar-refractivity contribution in [2.24, 2.45) is 16.7 Å². The molecule has 0 saturated heterocycles. The van der Waals surface area contributed by atoms with E-state index in [-0.39, 0.29) is 17.1 Å². The molecule has 2 rings (SSSR count). The molecule has 0 aromatic carbocycles. The molecule has 2 fully saturated rings. The Hall–Kier alpha value is -0.420. The van der Waals surface area contributed by atoms with Crippen molar-refractivity contribution in [3.63, 3.8) is 0 Å². The van der Waals surface area contributed by atoms with E-state index in [0.717, 1.165) is 12.8 Å². The smallest absolute Gasteiger partial charge is 0.265 e. The summed E-state index contributed by atoms with van der Waals surface area (Å²) in [5.74, 6) is -0.101. The first-order chi connectivity index (χ1) is 7.19. The van der Waals surface area contributed by atoms with Gasteiger partial charge in [-0.25, -0.2) is 0 Å². The van der Waals surface area contributed by atoms with Gasteiger partial charge in [-0.2, -0.15) is 8.42 Å². The van der Waals surface area contributed by atoms with Gasteiger partial charge >= 0.3 is 0 Å². The van der Waals surface area contributed by atoms with Crippen LogP contribution in [0.1, 0.15) is 39.5 Å². The maximum Gasteiger partial charge on any atom is 0.265 e. The van der Waals surface area contributed by atoms with E-state index >= 15 is 0 Å². The average Bonchev–Trinajstić information content (AvgIpc) is 2.25. The second kappa shape index (κ2) is 3.29. The summed E-state index contributed by atoms with van der Waals surface area (Å²) < 4.78 is 31.3. The van der Waals surface area contributed by atoms with E-state index in [2.05, 4.69) is 0 Å². The SMILES string of the molecule is CC1(C)[C@H]2CCC[C@]1(CS(=O)(=O)O)C(=O)C2. The molecule has 2 saturated carbocycles. The Bertz CT molecular complexity index is 423. The van der Waals surface area contributed by atoms with Gasteiger partial charge in [-0.05, 0) is 24.2 Å². The second-order valence-electron chi connectivity index (χ2n) is 5.75. The minimum absolute atomic E-state index is 0.0256. The van der Waals surface area contributed by atoms with Crippen LogP contribution in [-0.4, -0.2) is 24.5 Å². The predicted molar refractivity (Wildman–Crippen MR) is 59.6 cm³/mol. The molecule has 4 nitrogen and oxygen atoms in total. The van der Waals surface area contributed by atoms with Crippen molar-refractivity contribution in [2.75, 3.05) is 5.75 Å². The van der Waals surface area contributed by atoms with Crippen molar-refractivity contribution in [3.8, 4) is 0 Å². The number of carbonyl (C=O) groups excluding carboxylic acids is 1. The Morgan fingerprint density at radius 1 is 1.44 bits per heavy atom. The molecule has 2 bridgehead atoms. The predicted octanol–water partition coefficient (Wildman–Crippen LogP) is 1.66. The number of Topliss-reactive ketones (excluding diaryl/α,β-unsaturated/α-hetero) is 1. The first-order valence-electron chi connectivity index (χ1n) is 5.67. The molecular formula is C11H18O4S. The zero-order chi connectivity index (χ0) is 12.2. The van der Waals surface area contributed by atoms with Gasteiger partial charge in [-0.1, -0.05) is 20.3 Å². The summed E-state index contributed by atoms with van der Waals surface area (Å²) in [6, 6.07) is 0. The highest BCUT2D eigenvalue weighted by Crippen LogP contribution is 2.61. The Morgan fingerprint density at radius 3 is 2.62 bits per heavy atom. The largest absolute Gasteiger partial charge is 0.299 e. The van der Waals surface area contributed by atoms with E-state index in [9.17, 15) is 13.2 Å². The molecule has 0 aromatic rings. The Labute approximate surface area is 96.2 Å². The molecule has 2 aliphatic carbocycles. The normalized spacial score (nSPS) is 37.7. The molecule has 16 heavy (non-hydrogen) atoms. The first kappa shape index (κ1) is 12.0. The molecule has 0 aliphatic heterocycles. The lowest BCUT2D eigenvalue weighted by atomic mass is 9.59. The summed E-state index contributed by atoms with van der Waals surface area (Å²) in [7, 11) is -4.09. The Balaban J connectivity index is 2.46. The van der Waals surface area contributed by atoms with Crippen LogP contribution in [0.4, 0.5) is 0 Å². The summed E-state index contributed by atoms with van der Waals surface area (Å²) in [6.07, 6.45) is 2.94. The van der Waals surface area contributed by atoms with Crippen LogP contribution < -0.4 is 0 Å². The third-order valence-corrected chi connectivity index (χ3v) is 5.66. The highest BCUT2D eigenvalue weighted by Gasteiger charge is 2.62. The lowest BCUT2D eigenvalue weighted by molar-refractivity contribution is -0.129. The molecule has 0 heterocycles. The molecule has 0 spiro atoms. The van der Waals surface area contributed by atoms with Gasteiger partial charge < -0.3 is 0 Å². The van der Waals surface area contributed by atoms with Gasteiger partial charge in [0.15, 0.2) is 0 Å². The van der Waals surface area contributed by atoms with Crippen molar-refractivity contribution in [1.29, 1.82) is 0 Å². The highest BCUT2D eigenvalue weighted by atomic mass is 32.2. The zero-order valence-electron chi connectivity index (χ0n) is 9.69. The minimum Gasteiger partial charge on any atom is -0.299 e. The fraction of sp³-hybridized carbons (Fsp3) is 0.909. The lowest BCUT2D eigenvalue weighted by Gasteiger charge is -2.45. The third-order valence-electron chi connectivity index (χ3n) is 4.80. The van der Waals surface area contributed by atoms with Crippen molar-refractivity contribution in [1.82, 2.24) is 0 Å². The molecule has 0 aromatic heterocycles. The lowest BCUT2D eigenvalue weighted by Crippen LogP contribution is -2.47. The van der Waals surface area contributed by atoms with Gasteiger partial charge in [0.1, 0.15) is 5.78 Å². The topological polar surface area (TPSA) is 71.4 Å². The van der Waals surface area contributed by atoms with Gasteiger partial charge in [0, 0.05) is 6.42 Å². The summed E-state index contributed by atoms with van der Waals surface area (Å²) in [5, 5.41) is 0. The van der Waals surface area contributed by atoms with Crippen molar-refractivity contribution >= 4 is 15.9 Å². The van der Waals surface area contributed by atoms with Crippen molar-refractivity contribution < 1.29 is 17.8 Å². The molecule has 0 unspecified atom stereocenters. The second-order valence-corrected chi connectivity index (χ2v) is 7.20. The summed E-state index contributed by atoms with van der Waals surface area (Å²) in [4.78, 5) is 12.1. The van der Waals surface area contributed by atoms with Crippen LogP contribution in [0, 0.1) is 16.7 Å². The fourth-order valence-electron chi connectivity index (χ4n) is 3.65. The zero-order valence-corrected chi connectivity index (χ0v) is 10.5. The number of hydrogen-bond donors (Lipinski definition) is 1. The van der Waals surface area contributed by atoms with Crippen molar-refractivity contribution in [3.05, 3.63) is 0 Å². The Morgan fingerprint density at radius 2 is 2.06 bits per heavy atom. The maximum atomic E-state index is 12.1. The van der Waals surface area contributed by atoms with Crippen molar-refractivity contribution in [2.45, 2.75) is 39.5 Å². The van der Waals surface area contributed by atoms with Crippen LogP contribution >= 0.6 is 0 Å². The van der Waals surface area contributed by atoms with E-state index in [1.54, 1.807) is 0 Å². The number of rotatable bonds is 2. The van der Waals surface area contributed by atoms with Gasteiger partial charge in [-0.3, -0.25) is 9.35 Å². The van der Waals surface area contributed by atoms with Crippen LogP contribution in [0.2, 0.25) is 0 Å². The molecule has 92 valence electrons. The van der Waals surface area contributed by atoms with E-state index in [4.69, 9.17) is 4.55 Å². The average molecular weight is 246 g/mol. The van der Waals surface area contributed by atoms with E-state index in [0.29, 0.717) is 12.8 Å². The molecule has 2 aliphatic rings. The van der Waals surface area contributed by atoms with Gasteiger partial charge in [0.05, 0.1) is 11.2 Å². The van der Waals surface area contributed by atoms with Gasteiger partial charge in [0.2, 0.25) is 0 Å². The number of ketones is 1. The quantitative estimate of drug-likeness (QED) is 0.752. The highest BCUT2D eigenvalue weighted by molar-refractivity contribution is 7.85. The van der Waals surface area contributed by atoms with E-state index in [1.165, 1.54) is 0 Å². The molecule has 1 N–H and O–H groups in total. The molecule has 5 heteroatoms. The molecule has 2 atom stereocenters. The summed E-state index contributed by atoms with van der Waals surface area (Å²) >= 11 is 0. The number of hydrogen-bond acceptors (Lipinski definition) is 3. The molecular weight excluding hydrogens is 228 g/mol. The fourth-order valence-corrected chi connectivity index (χ4v) is 4.95. The van der Waals surface area contributed by atoms with Crippen LogP contribution in [-0.2, 0) is 14.9 Å². The van der Waals surface area contributed by atoms with Crippen LogP contribution in [0.5, 0.6) is 0 Å². The maximum absolute atomic E-state index is 12.1. The summed E-state index contributed by atoms with van der Waals surface area (Å²) in [6.45, 7) is 3.93. The van der Waals surface area contributed by atoms with Crippen LogP contribution in [0.3, 0.4) is 0 Å². The monoisotopic (exact) mass is 246 g/mol. The van der Waals surface area contributed by atoms with Crippen LogP contribution in [0.15, 0.2) is 0 Å². The third kappa shape index (κ3) is 1.52. The standard InChI is InChI=1S/C11H18O4S/c1-10(2)8-4-3-5-11(10,9(12)6-8)7-16(13,14)15/h8H,3-7H2,1-2H3,(H,13,14,15)/t8-,11-/m0/s1. The van der Waals surface area contributed by atoms with E-state index < -0.39 is 21.3 Å². The van der Waals surface area contributed by atoms with Crippen LogP contribution in [0.25, 0.3) is 0 Å². The summed E-state index contributed by atoms with van der Waals surface area (Å²) in [5.41, 5.74) is -1.15. The van der Waals surface area contributed by atoms with Gasteiger partial charge in [-0.15, -0.1) is 0 Å². The number of carbonyl (C=O) groups is 1. The van der Waals surface area contributed by atoms with E-state index in [1.807, 2.05) is 13.8 Å². The van der Waals surface area contributed by atoms with Gasteiger partial charge in [0.25, 0.3) is 10.1 Å². The molecule has 0 amide bonds. The minimum atomic E-state index is -4.09. The number of fused-ring (bicyclic) bond motifs is 2. The Kier molecular flexibility index (Phi) is 2.48. The first-order valence-corrected chi connectivity index (χ1v) is 7.28.